The minimum absolute atomic E-state index is 0.227. The van der Waals surface area contributed by atoms with E-state index in [2.05, 4.69) is 18.7 Å². The lowest BCUT2D eigenvalue weighted by atomic mass is 10.2. The monoisotopic (exact) mass is 216 g/mol. The molecule has 0 aromatic heterocycles. The van der Waals surface area contributed by atoms with Gasteiger partial charge in [-0.1, -0.05) is 0 Å². The number of ether oxygens (including phenoxy) is 2. The van der Waals surface area contributed by atoms with E-state index in [4.69, 9.17) is 15.2 Å². The van der Waals surface area contributed by atoms with Crippen LogP contribution in [0.4, 0.5) is 0 Å². The standard InChI is InChI=1S/C11H24N2O2/c1-10(2)14-6-3-4-13-5-7-15-11(8-12)9-13/h10-11H,3-9,12H2,1-2H3. The molecule has 1 rings (SSSR count). The first-order valence-corrected chi connectivity index (χ1v) is 5.88. The molecule has 0 spiro atoms. The average Bonchev–Trinajstić information content (AvgIpc) is 2.24. The van der Waals surface area contributed by atoms with Crippen molar-refractivity contribution >= 4 is 0 Å². The predicted molar refractivity (Wildman–Crippen MR) is 60.9 cm³/mol. The number of morpholine rings is 1. The van der Waals surface area contributed by atoms with Crippen LogP contribution in [0.2, 0.25) is 0 Å². The van der Waals surface area contributed by atoms with E-state index < -0.39 is 0 Å². The molecule has 0 radical (unpaired) electrons. The van der Waals surface area contributed by atoms with Gasteiger partial charge in [-0.05, 0) is 20.3 Å². The van der Waals surface area contributed by atoms with E-state index in [1.807, 2.05) is 0 Å². The van der Waals surface area contributed by atoms with Crippen molar-refractivity contribution in [1.82, 2.24) is 4.90 Å². The van der Waals surface area contributed by atoms with Gasteiger partial charge in [-0.3, -0.25) is 4.90 Å². The SMILES string of the molecule is CC(C)OCCCN1CCOC(CN)C1. The fraction of sp³-hybridized carbons (Fsp3) is 1.00. The highest BCUT2D eigenvalue weighted by Crippen LogP contribution is 2.04. The lowest BCUT2D eigenvalue weighted by molar-refractivity contribution is -0.0267. The smallest absolute Gasteiger partial charge is 0.0824 e. The van der Waals surface area contributed by atoms with Gasteiger partial charge in [0.1, 0.15) is 0 Å². The summed E-state index contributed by atoms with van der Waals surface area (Å²) >= 11 is 0. The van der Waals surface area contributed by atoms with E-state index in [1.54, 1.807) is 0 Å². The van der Waals surface area contributed by atoms with Gasteiger partial charge >= 0.3 is 0 Å². The third kappa shape index (κ3) is 5.47. The summed E-state index contributed by atoms with van der Waals surface area (Å²) in [5.41, 5.74) is 5.58. The van der Waals surface area contributed by atoms with Crippen molar-refractivity contribution in [1.29, 1.82) is 0 Å². The quantitative estimate of drug-likeness (QED) is 0.655. The van der Waals surface area contributed by atoms with Crippen LogP contribution in [0.3, 0.4) is 0 Å². The molecule has 0 aromatic rings. The van der Waals surface area contributed by atoms with Gasteiger partial charge in [0.05, 0.1) is 18.8 Å². The molecule has 1 aliphatic rings. The Bertz CT molecular complexity index is 165. The molecular formula is C11H24N2O2. The molecule has 1 saturated heterocycles. The summed E-state index contributed by atoms with van der Waals surface area (Å²) in [4.78, 5) is 2.41. The highest BCUT2D eigenvalue weighted by Gasteiger charge is 2.18. The molecule has 4 heteroatoms. The molecule has 1 heterocycles. The van der Waals surface area contributed by atoms with Crippen molar-refractivity contribution in [3.05, 3.63) is 0 Å². The number of hydrogen-bond donors (Lipinski definition) is 1. The molecule has 1 atom stereocenters. The zero-order valence-electron chi connectivity index (χ0n) is 9.95. The van der Waals surface area contributed by atoms with Crippen molar-refractivity contribution in [2.75, 3.05) is 39.4 Å². The first kappa shape index (κ1) is 12.9. The Morgan fingerprint density at radius 2 is 2.33 bits per heavy atom. The molecule has 1 fully saturated rings. The molecule has 1 aliphatic heterocycles. The average molecular weight is 216 g/mol. The Morgan fingerprint density at radius 1 is 1.53 bits per heavy atom. The number of rotatable bonds is 6. The maximum atomic E-state index is 5.58. The third-order valence-corrected chi connectivity index (χ3v) is 2.56. The minimum Gasteiger partial charge on any atom is -0.379 e. The van der Waals surface area contributed by atoms with Crippen LogP contribution in [0.25, 0.3) is 0 Å². The molecule has 0 amide bonds. The van der Waals surface area contributed by atoms with Gasteiger partial charge in [0, 0.05) is 32.8 Å². The van der Waals surface area contributed by atoms with Gasteiger partial charge < -0.3 is 15.2 Å². The fourth-order valence-electron chi connectivity index (χ4n) is 1.73. The molecule has 0 aromatic carbocycles. The summed E-state index contributed by atoms with van der Waals surface area (Å²) in [6.07, 6.45) is 1.66. The van der Waals surface area contributed by atoms with Gasteiger partial charge in [-0.25, -0.2) is 0 Å². The summed E-state index contributed by atoms with van der Waals surface area (Å²) in [5.74, 6) is 0. The molecule has 4 nitrogen and oxygen atoms in total. The summed E-state index contributed by atoms with van der Waals surface area (Å²) in [6, 6.07) is 0. The predicted octanol–water partition coefficient (Wildman–Crippen LogP) is 0.461. The van der Waals surface area contributed by atoms with Gasteiger partial charge in [0.2, 0.25) is 0 Å². The molecule has 1 unspecified atom stereocenters. The molecule has 15 heavy (non-hydrogen) atoms. The second-order valence-electron chi connectivity index (χ2n) is 4.30. The van der Waals surface area contributed by atoms with E-state index in [1.165, 1.54) is 0 Å². The van der Waals surface area contributed by atoms with Crippen LogP contribution in [-0.4, -0.2) is 56.5 Å². The summed E-state index contributed by atoms with van der Waals surface area (Å²) in [5, 5.41) is 0. The van der Waals surface area contributed by atoms with Crippen molar-refractivity contribution in [2.45, 2.75) is 32.5 Å². The van der Waals surface area contributed by atoms with Crippen molar-refractivity contribution in [2.24, 2.45) is 5.73 Å². The van der Waals surface area contributed by atoms with Gasteiger partial charge in [0.25, 0.3) is 0 Å². The number of nitrogens with zero attached hydrogens (tertiary/aromatic N) is 1. The van der Waals surface area contributed by atoms with Crippen molar-refractivity contribution in [3.63, 3.8) is 0 Å². The fourth-order valence-corrected chi connectivity index (χ4v) is 1.73. The number of hydrogen-bond acceptors (Lipinski definition) is 4. The lowest BCUT2D eigenvalue weighted by Gasteiger charge is -2.32. The van der Waals surface area contributed by atoms with E-state index in [0.717, 1.165) is 39.3 Å². The van der Waals surface area contributed by atoms with E-state index in [0.29, 0.717) is 12.6 Å². The molecular weight excluding hydrogens is 192 g/mol. The molecule has 0 saturated carbocycles. The van der Waals surface area contributed by atoms with E-state index in [-0.39, 0.29) is 6.10 Å². The lowest BCUT2D eigenvalue weighted by Crippen LogP contribution is -2.46. The van der Waals surface area contributed by atoms with Gasteiger partial charge in [-0.2, -0.15) is 0 Å². The molecule has 0 bridgehead atoms. The summed E-state index contributed by atoms with van der Waals surface area (Å²) in [7, 11) is 0. The molecule has 2 N–H and O–H groups in total. The minimum atomic E-state index is 0.227. The zero-order valence-corrected chi connectivity index (χ0v) is 9.95. The second kappa shape index (κ2) is 7.17. The van der Waals surface area contributed by atoms with Crippen LogP contribution in [0, 0.1) is 0 Å². The van der Waals surface area contributed by atoms with Crippen LogP contribution in [0.15, 0.2) is 0 Å². The van der Waals surface area contributed by atoms with Crippen LogP contribution < -0.4 is 5.73 Å². The summed E-state index contributed by atoms with van der Waals surface area (Å²) < 4.78 is 11.0. The Kier molecular flexibility index (Phi) is 6.17. The van der Waals surface area contributed by atoms with Gasteiger partial charge in [-0.15, -0.1) is 0 Å². The Balaban J connectivity index is 2.05. The Hall–Kier alpha value is -0.160. The topological polar surface area (TPSA) is 47.7 Å². The Labute approximate surface area is 92.7 Å². The molecule has 90 valence electrons. The van der Waals surface area contributed by atoms with E-state index in [9.17, 15) is 0 Å². The maximum absolute atomic E-state index is 5.58. The first-order chi connectivity index (χ1) is 7.22. The van der Waals surface area contributed by atoms with Crippen LogP contribution >= 0.6 is 0 Å². The highest BCUT2D eigenvalue weighted by atomic mass is 16.5. The highest BCUT2D eigenvalue weighted by molar-refractivity contribution is 4.71. The largest absolute Gasteiger partial charge is 0.379 e. The first-order valence-electron chi connectivity index (χ1n) is 5.88. The van der Waals surface area contributed by atoms with Crippen LogP contribution in [0.5, 0.6) is 0 Å². The van der Waals surface area contributed by atoms with E-state index >= 15 is 0 Å². The molecule has 0 aliphatic carbocycles. The van der Waals surface area contributed by atoms with Gasteiger partial charge in [0.15, 0.2) is 0 Å². The van der Waals surface area contributed by atoms with Crippen LogP contribution in [0.1, 0.15) is 20.3 Å². The van der Waals surface area contributed by atoms with Crippen molar-refractivity contribution < 1.29 is 9.47 Å². The second-order valence-corrected chi connectivity index (χ2v) is 4.30. The zero-order chi connectivity index (χ0) is 11.1. The maximum Gasteiger partial charge on any atom is 0.0824 e. The normalized spacial score (nSPS) is 23.6. The van der Waals surface area contributed by atoms with Crippen molar-refractivity contribution in [3.8, 4) is 0 Å². The van der Waals surface area contributed by atoms with Crippen LogP contribution in [-0.2, 0) is 9.47 Å². The summed E-state index contributed by atoms with van der Waals surface area (Å²) in [6.45, 7) is 9.51. The number of nitrogens with two attached hydrogens (primary N) is 1. The Morgan fingerprint density at radius 3 is 3.00 bits per heavy atom. The third-order valence-electron chi connectivity index (χ3n) is 2.56.